The predicted octanol–water partition coefficient (Wildman–Crippen LogP) is 2.38. The molecular weight excluding hydrogens is 288 g/mol. The molecule has 0 saturated heterocycles. The Bertz CT molecular complexity index is 618. The molecule has 0 fully saturated rings. The number of nitrogens with zero attached hydrogens (tertiary/aromatic N) is 2. The van der Waals surface area contributed by atoms with Gasteiger partial charge in [-0.05, 0) is 28.1 Å². The molecule has 2 rings (SSSR count). The number of carbonyl (C=O) groups is 2. The molecule has 0 unspecified atom stereocenters. The molecule has 6 heteroatoms. The second-order valence-electron chi connectivity index (χ2n) is 3.51. The van der Waals surface area contributed by atoms with Crippen LogP contribution in [0.2, 0.25) is 0 Å². The fourth-order valence-electron chi connectivity index (χ4n) is 1.51. The van der Waals surface area contributed by atoms with E-state index >= 15 is 0 Å². The van der Waals surface area contributed by atoms with Crippen molar-refractivity contribution in [3.8, 4) is 5.75 Å². The predicted molar refractivity (Wildman–Crippen MR) is 65.0 cm³/mol. The first-order valence-electron chi connectivity index (χ1n) is 4.85. The van der Waals surface area contributed by atoms with Crippen molar-refractivity contribution in [3.05, 3.63) is 22.8 Å². The number of halogens is 1. The Morgan fingerprint density at radius 2 is 2.06 bits per heavy atom. The first-order valence-corrected chi connectivity index (χ1v) is 5.65. The van der Waals surface area contributed by atoms with Gasteiger partial charge in [0.2, 0.25) is 5.91 Å². The highest BCUT2D eigenvalue weighted by Crippen LogP contribution is 2.30. The van der Waals surface area contributed by atoms with Gasteiger partial charge >= 0.3 is 5.97 Å². The van der Waals surface area contributed by atoms with Crippen LogP contribution in [0.1, 0.15) is 18.6 Å². The third-order valence-corrected chi connectivity index (χ3v) is 2.79. The lowest BCUT2D eigenvalue weighted by Crippen LogP contribution is -2.07. The van der Waals surface area contributed by atoms with Crippen LogP contribution in [0, 0.1) is 0 Å². The first-order chi connectivity index (χ1) is 7.99. The highest BCUT2D eigenvalue weighted by molar-refractivity contribution is 9.10. The molecule has 5 nitrogen and oxygen atoms in total. The highest BCUT2D eigenvalue weighted by Gasteiger charge is 2.11. The molecule has 0 saturated carbocycles. The van der Waals surface area contributed by atoms with Crippen LogP contribution in [0.15, 0.2) is 22.8 Å². The molecule has 0 radical (unpaired) electrons. The maximum atomic E-state index is 11.3. The van der Waals surface area contributed by atoms with E-state index in [-0.39, 0.29) is 5.91 Å². The summed E-state index contributed by atoms with van der Waals surface area (Å²) >= 11 is 3.28. The number of hydrogen-bond donors (Lipinski definition) is 0. The second-order valence-corrected chi connectivity index (χ2v) is 4.36. The number of hydrogen-bond acceptors (Lipinski definition) is 4. The first kappa shape index (κ1) is 11.8. The monoisotopic (exact) mass is 296 g/mol. The Labute approximate surface area is 105 Å². The van der Waals surface area contributed by atoms with Gasteiger partial charge in [-0.1, -0.05) is 0 Å². The molecule has 88 valence electrons. The van der Waals surface area contributed by atoms with E-state index in [1.807, 2.05) is 0 Å². The largest absolute Gasteiger partial charge is 0.425 e. The van der Waals surface area contributed by atoms with Crippen LogP contribution in [0.4, 0.5) is 0 Å². The van der Waals surface area contributed by atoms with Gasteiger partial charge in [0.15, 0.2) is 0 Å². The zero-order valence-corrected chi connectivity index (χ0v) is 10.8. The van der Waals surface area contributed by atoms with Crippen molar-refractivity contribution in [2.75, 3.05) is 0 Å². The maximum Gasteiger partial charge on any atom is 0.308 e. The van der Waals surface area contributed by atoms with Gasteiger partial charge in [0.1, 0.15) is 5.75 Å². The smallest absolute Gasteiger partial charge is 0.308 e. The normalized spacial score (nSPS) is 10.5. The zero-order valence-electron chi connectivity index (χ0n) is 9.23. The summed E-state index contributed by atoms with van der Waals surface area (Å²) in [5, 5.41) is 4.70. The molecule has 17 heavy (non-hydrogen) atoms. The topological polar surface area (TPSA) is 61.2 Å². The average Bonchev–Trinajstić information content (AvgIpc) is 2.60. The van der Waals surface area contributed by atoms with Crippen LogP contribution in [-0.2, 0) is 4.79 Å². The standard InChI is InChI=1S/C11H9BrN2O3/c1-6(15)14-10-4-9(12)11(17-7(2)16)3-8(10)5-13-14/h3-5H,1-2H3. The lowest BCUT2D eigenvalue weighted by Gasteiger charge is -2.04. The summed E-state index contributed by atoms with van der Waals surface area (Å²) in [6.07, 6.45) is 1.55. The SMILES string of the molecule is CC(=O)Oc1cc2cnn(C(C)=O)c2cc1Br. The number of rotatable bonds is 1. The number of aromatic nitrogens is 2. The highest BCUT2D eigenvalue weighted by atomic mass is 79.9. The molecule has 1 heterocycles. The van der Waals surface area contributed by atoms with E-state index in [1.165, 1.54) is 18.5 Å². The van der Waals surface area contributed by atoms with Gasteiger partial charge in [0, 0.05) is 19.2 Å². The molecule has 0 atom stereocenters. The van der Waals surface area contributed by atoms with Crippen LogP contribution in [0.5, 0.6) is 5.75 Å². The molecule has 0 N–H and O–H groups in total. The molecule has 0 aliphatic rings. The van der Waals surface area contributed by atoms with Crippen LogP contribution < -0.4 is 4.74 Å². The van der Waals surface area contributed by atoms with E-state index in [2.05, 4.69) is 21.0 Å². The number of carbonyl (C=O) groups excluding carboxylic acids is 2. The number of ether oxygens (including phenoxy) is 1. The Balaban J connectivity index is 2.59. The maximum absolute atomic E-state index is 11.3. The van der Waals surface area contributed by atoms with E-state index in [4.69, 9.17) is 4.74 Å². The fraction of sp³-hybridized carbons (Fsp3) is 0.182. The lowest BCUT2D eigenvalue weighted by molar-refractivity contribution is -0.131. The molecule has 1 aromatic heterocycles. The van der Waals surface area contributed by atoms with Gasteiger partial charge < -0.3 is 4.74 Å². The van der Waals surface area contributed by atoms with E-state index in [0.717, 1.165) is 5.39 Å². The van der Waals surface area contributed by atoms with E-state index in [0.29, 0.717) is 15.7 Å². The summed E-state index contributed by atoms with van der Waals surface area (Å²) in [6.45, 7) is 2.76. The van der Waals surface area contributed by atoms with Crippen LogP contribution in [0.3, 0.4) is 0 Å². The van der Waals surface area contributed by atoms with E-state index in [9.17, 15) is 9.59 Å². The minimum absolute atomic E-state index is 0.174. The van der Waals surface area contributed by atoms with Crippen molar-refractivity contribution in [1.82, 2.24) is 9.78 Å². The van der Waals surface area contributed by atoms with Crippen molar-refractivity contribution < 1.29 is 14.3 Å². The van der Waals surface area contributed by atoms with Gasteiger partial charge in [-0.3, -0.25) is 9.59 Å². The molecule has 0 bridgehead atoms. The van der Waals surface area contributed by atoms with Crippen molar-refractivity contribution in [1.29, 1.82) is 0 Å². The Kier molecular flexibility index (Phi) is 2.97. The van der Waals surface area contributed by atoms with Gasteiger partial charge in [0.05, 0.1) is 16.2 Å². The van der Waals surface area contributed by atoms with Crippen molar-refractivity contribution in [3.63, 3.8) is 0 Å². The van der Waals surface area contributed by atoms with E-state index < -0.39 is 5.97 Å². The molecule has 2 aromatic rings. The summed E-state index contributed by atoms with van der Waals surface area (Å²) in [7, 11) is 0. The third-order valence-electron chi connectivity index (χ3n) is 2.17. The number of esters is 1. The van der Waals surface area contributed by atoms with Crippen molar-refractivity contribution >= 4 is 38.7 Å². The van der Waals surface area contributed by atoms with Crippen LogP contribution in [0.25, 0.3) is 10.9 Å². The number of fused-ring (bicyclic) bond motifs is 1. The summed E-state index contributed by atoms with van der Waals surface area (Å²) in [6, 6.07) is 3.36. The quantitative estimate of drug-likeness (QED) is 0.599. The van der Waals surface area contributed by atoms with Gasteiger partial charge in [-0.15, -0.1) is 0 Å². The fourth-order valence-corrected chi connectivity index (χ4v) is 1.92. The Morgan fingerprint density at radius 3 is 2.65 bits per heavy atom. The minimum Gasteiger partial charge on any atom is -0.425 e. The Hall–Kier alpha value is -1.69. The van der Waals surface area contributed by atoms with Gasteiger partial charge in [0.25, 0.3) is 0 Å². The third kappa shape index (κ3) is 2.21. The molecule has 0 spiro atoms. The molecule has 1 aromatic carbocycles. The summed E-state index contributed by atoms with van der Waals surface area (Å²) in [4.78, 5) is 22.2. The van der Waals surface area contributed by atoms with Gasteiger partial charge in [-0.2, -0.15) is 5.10 Å². The lowest BCUT2D eigenvalue weighted by atomic mass is 10.2. The van der Waals surface area contributed by atoms with Gasteiger partial charge in [-0.25, -0.2) is 4.68 Å². The molecule has 0 aliphatic carbocycles. The minimum atomic E-state index is -0.399. The summed E-state index contributed by atoms with van der Waals surface area (Å²) < 4.78 is 6.90. The number of benzene rings is 1. The second kappa shape index (κ2) is 4.29. The molecule has 0 aliphatic heterocycles. The summed E-state index contributed by atoms with van der Waals surface area (Å²) in [5.41, 5.74) is 0.667. The zero-order chi connectivity index (χ0) is 12.6. The summed E-state index contributed by atoms with van der Waals surface area (Å²) in [5.74, 6) is -0.163. The Morgan fingerprint density at radius 1 is 1.35 bits per heavy atom. The van der Waals surface area contributed by atoms with E-state index in [1.54, 1.807) is 18.3 Å². The average molecular weight is 297 g/mol. The molecule has 0 amide bonds. The molecular formula is C11H9BrN2O3. The van der Waals surface area contributed by atoms with Crippen molar-refractivity contribution in [2.24, 2.45) is 0 Å². The van der Waals surface area contributed by atoms with Crippen LogP contribution >= 0.6 is 15.9 Å². The van der Waals surface area contributed by atoms with Crippen molar-refractivity contribution in [2.45, 2.75) is 13.8 Å². The van der Waals surface area contributed by atoms with Crippen LogP contribution in [-0.4, -0.2) is 21.7 Å².